The fourth-order valence-corrected chi connectivity index (χ4v) is 2.05. The molecule has 2 rings (SSSR count). The van der Waals surface area contributed by atoms with Gasteiger partial charge in [0.05, 0.1) is 11.7 Å². The number of ether oxygens (including phenoxy) is 1. The van der Waals surface area contributed by atoms with Crippen molar-refractivity contribution in [2.75, 3.05) is 0 Å². The lowest BCUT2D eigenvalue weighted by Crippen LogP contribution is -2.30. The van der Waals surface area contributed by atoms with Crippen LogP contribution in [-0.2, 0) is 16.1 Å². The maximum Gasteiger partial charge on any atom is 0.326 e. The Balaban J connectivity index is 2.39. The molecular formula is C15H16NO4-. The summed E-state index contributed by atoms with van der Waals surface area (Å²) >= 11 is 0. The number of carboxylic acids is 1. The van der Waals surface area contributed by atoms with E-state index < -0.39 is 17.5 Å². The lowest BCUT2D eigenvalue weighted by molar-refractivity contribution is -0.255. The van der Waals surface area contributed by atoms with Crippen LogP contribution in [0.2, 0.25) is 0 Å². The van der Waals surface area contributed by atoms with E-state index in [9.17, 15) is 14.7 Å². The Morgan fingerprint density at radius 3 is 2.50 bits per heavy atom. The molecular weight excluding hydrogens is 258 g/mol. The maximum absolute atomic E-state index is 11.9. The first-order valence-electron chi connectivity index (χ1n) is 6.29. The fraction of sp³-hybridized carbons (Fsp3) is 0.333. The second-order valence-corrected chi connectivity index (χ2v) is 5.55. The van der Waals surface area contributed by atoms with Crippen LogP contribution in [0.3, 0.4) is 0 Å². The summed E-state index contributed by atoms with van der Waals surface area (Å²) < 4.78 is 6.62. The lowest BCUT2D eigenvalue weighted by Gasteiger charge is -2.20. The van der Waals surface area contributed by atoms with E-state index in [1.54, 1.807) is 45.0 Å². The van der Waals surface area contributed by atoms with Crippen LogP contribution < -0.4 is 5.11 Å². The van der Waals surface area contributed by atoms with Gasteiger partial charge in [0.1, 0.15) is 12.1 Å². The Bertz CT molecular complexity index is 664. The van der Waals surface area contributed by atoms with Crippen LogP contribution in [0.25, 0.3) is 10.9 Å². The summed E-state index contributed by atoms with van der Waals surface area (Å²) in [4.78, 5) is 23.1. The Hall–Kier alpha value is -2.30. The van der Waals surface area contributed by atoms with Gasteiger partial charge in [-0.15, -0.1) is 0 Å². The smallest absolute Gasteiger partial charge is 0.326 e. The Kier molecular flexibility index (Phi) is 3.53. The van der Waals surface area contributed by atoms with E-state index in [1.165, 1.54) is 10.6 Å². The van der Waals surface area contributed by atoms with Crippen molar-refractivity contribution in [1.29, 1.82) is 0 Å². The number of rotatable bonds is 3. The third-order valence-electron chi connectivity index (χ3n) is 2.73. The van der Waals surface area contributed by atoms with Gasteiger partial charge in [0.15, 0.2) is 0 Å². The van der Waals surface area contributed by atoms with E-state index in [2.05, 4.69) is 0 Å². The van der Waals surface area contributed by atoms with Crippen molar-refractivity contribution in [1.82, 2.24) is 4.57 Å². The number of hydrogen-bond donors (Lipinski definition) is 0. The molecule has 0 aliphatic carbocycles. The molecule has 1 aromatic carbocycles. The van der Waals surface area contributed by atoms with Crippen LogP contribution >= 0.6 is 0 Å². The highest BCUT2D eigenvalue weighted by Gasteiger charge is 2.19. The molecule has 0 amide bonds. The van der Waals surface area contributed by atoms with Gasteiger partial charge in [-0.1, -0.05) is 18.2 Å². The molecule has 0 aliphatic heterocycles. The first-order chi connectivity index (χ1) is 9.28. The summed E-state index contributed by atoms with van der Waals surface area (Å²) in [5.74, 6) is -1.80. The number of aromatic carboxylic acids is 1. The molecule has 0 aliphatic rings. The van der Waals surface area contributed by atoms with Gasteiger partial charge in [-0.25, -0.2) is 0 Å². The standard InChI is InChI=1S/C15H17NO4/c1-15(2,3)20-13(17)9-16-11-7-5-4-6-10(11)8-12(16)14(18)19/h4-8H,9H2,1-3H3,(H,18,19)/p-1. The second kappa shape index (κ2) is 5.00. The summed E-state index contributed by atoms with van der Waals surface area (Å²) in [6.45, 7) is 5.13. The Morgan fingerprint density at radius 2 is 1.90 bits per heavy atom. The molecule has 20 heavy (non-hydrogen) atoms. The molecule has 5 heteroatoms. The minimum Gasteiger partial charge on any atom is -0.543 e. The van der Waals surface area contributed by atoms with E-state index in [1.807, 2.05) is 0 Å². The summed E-state index contributed by atoms with van der Waals surface area (Å²) in [6.07, 6.45) is 0. The minimum absolute atomic E-state index is 0.0305. The number of nitrogens with zero attached hydrogens (tertiary/aromatic N) is 1. The first kappa shape index (κ1) is 14.1. The van der Waals surface area contributed by atoms with Crippen LogP contribution in [0.5, 0.6) is 0 Å². The van der Waals surface area contributed by atoms with Gasteiger partial charge in [-0.3, -0.25) is 4.79 Å². The third-order valence-corrected chi connectivity index (χ3v) is 2.73. The molecule has 0 unspecified atom stereocenters. The molecule has 0 radical (unpaired) electrons. The number of carboxylic acid groups (broad SMARTS) is 1. The normalized spacial score (nSPS) is 11.6. The summed E-state index contributed by atoms with van der Waals surface area (Å²) in [7, 11) is 0. The number of hydrogen-bond acceptors (Lipinski definition) is 4. The number of benzene rings is 1. The van der Waals surface area contributed by atoms with Crippen LogP contribution in [0.15, 0.2) is 30.3 Å². The highest BCUT2D eigenvalue weighted by Crippen LogP contribution is 2.20. The molecule has 0 bridgehead atoms. The van der Waals surface area contributed by atoms with E-state index >= 15 is 0 Å². The first-order valence-corrected chi connectivity index (χ1v) is 6.29. The molecule has 0 atom stereocenters. The zero-order valence-corrected chi connectivity index (χ0v) is 11.7. The molecule has 2 aromatic rings. The zero-order valence-electron chi connectivity index (χ0n) is 11.7. The molecule has 0 saturated carbocycles. The van der Waals surface area contributed by atoms with Crippen LogP contribution in [0.1, 0.15) is 31.3 Å². The maximum atomic E-state index is 11.9. The molecule has 1 aromatic heterocycles. The van der Waals surface area contributed by atoms with Crippen LogP contribution in [0.4, 0.5) is 0 Å². The SMILES string of the molecule is CC(C)(C)OC(=O)Cn1c(C(=O)[O-])cc2ccccc21. The van der Waals surface area contributed by atoms with Crippen LogP contribution in [0, 0.1) is 0 Å². The summed E-state index contributed by atoms with van der Waals surface area (Å²) in [5.41, 5.74) is 0.0245. The average molecular weight is 274 g/mol. The number of esters is 1. The third kappa shape index (κ3) is 2.99. The number of para-hydroxylation sites is 1. The number of aromatic nitrogens is 1. The van der Waals surface area contributed by atoms with Gasteiger partial charge in [0.25, 0.3) is 0 Å². The molecule has 0 N–H and O–H groups in total. The van der Waals surface area contributed by atoms with Gasteiger partial charge < -0.3 is 19.2 Å². The summed E-state index contributed by atoms with van der Waals surface area (Å²) in [6, 6.07) is 8.63. The number of carbonyl (C=O) groups is 2. The quantitative estimate of drug-likeness (QED) is 0.792. The van der Waals surface area contributed by atoms with Gasteiger partial charge in [0.2, 0.25) is 0 Å². The monoisotopic (exact) mass is 274 g/mol. The molecule has 0 fully saturated rings. The van der Waals surface area contributed by atoms with Crippen molar-refractivity contribution >= 4 is 22.8 Å². The van der Waals surface area contributed by atoms with Crippen molar-refractivity contribution in [2.45, 2.75) is 32.9 Å². The minimum atomic E-state index is -1.32. The van der Waals surface area contributed by atoms with E-state index in [0.29, 0.717) is 5.52 Å². The van der Waals surface area contributed by atoms with Gasteiger partial charge >= 0.3 is 5.97 Å². The summed E-state index contributed by atoms with van der Waals surface area (Å²) in [5, 5.41) is 11.9. The van der Waals surface area contributed by atoms with Crippen molar-refractivity contribution in [2.24, 2.45) is 0 Å². The highest BCUT2D eigenvalue weighted by molar-refractivity contribution is 5.94. The van der Waals surface area contributed by atoms with Crippen molar-refractivity contribution in [3.05, 3.63) is 36.0 Å². The van der Waals surface area contributed by atoms with Gasteiger partial charge in [-0.05, 0) is 32.9 Å². The fourth-order valence-electron chi connectivity index (χ4n) is 2.05. The molecule has 0 saturated heterocycles. The van der Waals surface area contributed by atoms with E-state index in [4.69, 9.17) is 4.74 Å². The Morgan fingerprint density at radius 1 is 1.25 bits per heavy atom. The second-order valence-electron chi connectivity index (χ2n) is 5.55. The number of fused-ring (bicyclic) bond motifs is 1. The zero-order chi connectivity index (χ0) is 14.9. The lowest BCUT2D eigenvalue weighted by atomic mass is 10.2. The predicted octanol–water partition coefficient (Wildman–Crippen LogP) is 1.35. The molecule has 0 spiro atoms. The molecule has 1 heterocycles. The van der Waals surface area contributed by atoms with E-state index in [0.717, 1.165) is 5.39 Å². The van der Waals surface area contributed by atoms with Crippen molar-refractivity contribution in [3.63, 3.8) is 0 Å². The van der Waals surface area contributed by atoms with E-state index in [-0.39, 0.29) is 12.2 Å². The van der Waals surface area contributed by atoms with Gasteiger partial charge in [0, 0.05) is 10.9 Å². The van der Waals surface area contributed by atoms with Crippen molar-refractivity contribution in [3.8, 4) is 0 Å². The average Bonchev–Trinajstić information content (AvgIpc) is 2.66. The number of carbonyl (C=O) groups excluding carboxylic acids is 2. The molecule has 106 valence electrons. The highest BCUT2D eigenvalue weighted by atomic mass is 16.6. The Labute approximate surface area is 116 Å². The van der Waals surface area contributed by atoms with Crippen LogP contribution in [-0.4, -0.2) is 22.1 Å². The van der Waals surface area contributed by atoms with Crippen molar-refractivity contribution < 1.29 is 19.4 Å². The molecule has 5 nitrogen and oxygen atoms in total. The predicted molar refractivity (Wildman–Crippen MR) is 72.1 cm³/mol. The topological polar surface area (TPSA) is 71.4 Å². The largest absolute Gasteiger partial charge is 0.543 e. The van der Waals surface area contributed by atoms with Gasteiger partial charge in [-0.2, -0.15) is 0 Å².